The minimum atomic E-state index is 0.660. The molecule has 5 nitrogen and oxygen atoms in total. The second kappa shape index (κ2) is 4.97. The van der Waals surface area contributed by atoms with Crippen LogP contribution in [0.4, 0.5) is 5.69 Å². The molecule has 1 aromatic carbocycles. The van der Waals surface area contributed by atoms with Gasteiger partial charge in [0.25, 0.3) is 0 Å². The molecule has 0 amide bonds. The Morgan fingerprint density at radius 1 is 1.05 bits per heavy atom. The fourth-order valence-corrected chi connectivity index (χ4v) is 1.98. The number of carbonyl (C=O) groups is 1. The predicted octanol–water partition coefficient (Wildman–Crippen LogP) is 2.23. The Balaban J connectivity index is 2.09. The lowest BCUT2D eigenvalue weighted by atomic mass is 10.1. The molecular weight excluding hydrogens is 252 g/mol. The van der Waals surface area contributed by atoms with Crippen LogP contribution in [0.2, 0.25) is 0 Å². The van der Waals surface area contributed by atoms with Gasteiger partial charge >= 0.3 is 0 Å². The van der Waals surface area contributed by atoms with E-state index in [-0.39, 0.29) is 0 Å². The zero-order chi connectivity index (χ0) is 13.9. The summed E-state index contributed by atoms with van der Waals surface area (Å²) in [5.41, 5.74) is 9.32. The van der Waals surface area contributed by atoms with Gasteiger partial charge in [0.2, 0.25) is 6.41 Å². The van der Waals surface area contributed by atoms with Crippen LogP contribution in [0.15, 0.2) is 54.7 Å². The summed E-state index contributed by atoms with van der Waals surface area (Å²) in [6.07, 6.45) is 2.35. The number of nitrogens with zero attached hydrogens (tertiary/aromatic N) is 3. The zero-order valence-electron chi connectivity index (χ0n) is 10.6. The van der Waals surface area contributed by atoms with Crippen molar-refractivity contribution in [2.24, 2.45) is 0 Å². The van der Waals surface area contributed by atoms with Crippen LogP contribution in [-0.2, 0) is 4.79 Å². The van der Waals surface area contributed by atoms with Crippen LogP contribution in [0, 0.1) is 0 Å². The molecule has 0 spiro atoms. The van der Waals surface area contributed by atoms with Crippen molar-refractivity contribution < 1.29 is 4.79 Å². The first-order chi connectivity index (χ1) is 9.78. The molecule has 0 aliphatic rings. The normalized spacial score (nSPS) is 10.4. The Morgan fingerprint density at radius 2 is 1.85 bits per heavy atom. The number of aromatic nitrogens is 3. The van der Waals surface area contributed by atoms with Gasteiger partial charge in [0.1, 0.15) is 0 Å². The molecule has 0 saturated heterocycles. The molecule has 2 heterocycles. The van der Waals surface area contributed by atoms with E-state index in [0.29, 0.717) is 29.2 Å². The number of benzene rings is 1. The largest absolute Gasteiger partial charge is 0.399 e. The first kappa shape index (κ1) is 12.1. The molecule has 98 valence electrons. The SMILES string of the molecule is Nc1ccc(-c2cc(-c3ccccn3)n(C=O)n2)cc1. The van der Waals surface area contributed by atoms with Gasteiger partial charge in [-0.3, -0.25) is 9.78 Å². The lowest BCUT2D eigenvalue weighted by Crippen LogP contribution is -2.00. The molecule has 0 fully saturated rings. The van der Waals surface area contributed by atoms with Crippen molar-refractivity contribution in [3.05, 3.63) is 54.7 Å². The maximum atomic E-state index is 11.2. The van der Waals surface area contributed by atoms with Crippen LogP contribution in [0.25, 0.3) is 22.6 Å². The fourth-order valence-electron chi connectivity index (χ4n) is 1.98. The van der Waals surface area contributed by atoms with E-state index in [9.17, 15) is 4.79 Å². The fraction of sp³-hybridized carbons (Fsp3) is 0. The van der Waals surface area contributed by atoms with Crippen LogP contribution >= 0.6 is 0 Å². The third-order valence-corrected chi connectivity index (χ3v) is 2.97. The number of hydrogen-bond acceptors (Lipinski definition) is 4. The van der Waals surface area contributed by atoms with Crippen molar-refractivity contribution in [3.8, 4) is 22.6 Å². The first-order valence-corrected chi connectivity index (χ1v) is 6.10. The lowest BCUT2D eigenvalue weighted by molar-refractivity contribution is 0.541. The van der Waals surface area contributed by atoms with Gasteiger partial charge in [-0.15, -0.1) is 0 Å². The summed E-state index contributed by atoms with van der Waals surface area (Å²) < 4.78 is 1.29. The number of hydrogen-bond donors (Lipinski definition) is 1. The Kier molecular flexibility index (Phi) is 3.01. The molecule has 0 atom stereocenters. The highest BCUT2D eigenvalue weighted by atomic mass is 16.1. The summed E-state index contributed by atoms with van der Waals surface area (Å²) in [6.45, 7) is 0. The minimum absolute atomic E-state index is 0.660. The second-order valence-corrected chi connectivity index (χ2v) is 4.30. The summed E-state index contributed by atoms with van der Waals surface area (Å²) in [5, 5.41) is 4.27. The van der Waals surface area contributed by atoms with E-state index in [0.717, 1.165) is 5.56 Å². The highest BCUT2D eigenvalue weighted by Gasteiger charge is 2.11. The molecule has 3 rings (SSSR count). The van der Waals surface area contributed by atoms with E-state index in [1.54, 1.807) is 18.3 Å². The van der Waals surface area contributed by atoms with Gasteiger partial charge in [0.05, 0.1) is 17.1 Å². The van der Waals surface area contributed by atoms with Crippen molar-refractivity contribution >= 4 is 12.1 Å². The van der Waals surface area contributed by atoms with Crippen LogP contribution in [-0.4, -0.2) is 21.2 Å². The average Bonchev–Trinajstić information content (AvgIpc) is 2.93. The van der Waals surface area contributed by atoms with E-state index in [2.05, 4.69) is 10.1 Å². The van der Waals surface area contributed by atoms with Gasteiger partial charge < -0.3 is 5.73 Å². The first-order valence-electron chi connectivity index (χ1n) is 6.10. The van der Waals surface area contributed by atoms with Crippen LogP contribution in [0.3, 0.4) is 0 Å². The highest BCUT2D eigenvalue weighted by molar-refractivity contribution is 5.73. The molecule has 3 aromatic rings. The van der Waals surface area contributed by atoms with Crippen molar-refractivity contribution in [1.29, 1.82) is 0 Å². The molecule has 5 heteroatoms. The number of nitrogens with two attached hydrogens (primary N) is 1. The number of pyridine rings is 1. The molecule has 2 aromatic heterocycles. The maximum absolute atomic E-state index is 11.2. The molecule has 0 aliphatic heterocycles. The molecular formula is C15H12N4O. The molecule has 0 bridgehead atoms. The topological polar surface area (TPSA) is 73.8 Å². The Morgan fingerprint density at radius 3 is 2.50 bits per heavy atom. The number of nitrogen functional groups attached to an aromatic ring is 1. The Hall–Kier alpha value is -2.95. The van der Waals surface area contributed by atoms with Gasteiger partial charge in [-0.05, 0) is 30.3 Å². The van der Waals surface area contributed by atoms with Crippen molar-refractivity contribution in [1.82, 2.24) is 14.8 Å². The molecule has 2 N–H and O–H groups in total. The molecule has 0 aliphatic carbocycles. The van der Waals surface area contributed by atoms with E-state index >= 15 is 0 Å². The number of anilines is 1. The maximum Gasteiger partial charge on any atom is 0.234 e. The number of carbonyl (C=O) groups excluding carboxylic acids is 1. The summed E-state index contributed by atoms with van der Waals surface area (Å²) in [6, 6.07) is 14.7. The third kappa shape index (κ3) is 2.16. The molecule has 20 heavy (non-hydrogen) atoms. The summed E-state index contributed by atoms with van der Waals surface area (Å²) in [7, 11) is 0. The molecule has 0 unspecified atom stereocenters. The Bertz CT molecular complexity index is 732. The van der Waals surface area contributed by atoms with E-state index < -0.39 is 0 Å². The van der Waals surface area contributed by atoms with Gasteiger partial charge in [-0.2, -0.15) is 5.10 Å². The van der Waals surface area contributed by atoms with E-state index in [4.69, 9.17) is 5.73 Å². The lowest BCUT2D eigenvalue weighted by Gasteiger charge is -1.97. The second-order valence-electron chi connectivity index (χ2n) is 4.30. The molecule has 0 saturated carbocycles. The Labute approximate surface area is 115 Å². The zero-order valence-corrected chi connectivity index (χ0v) is 10.6. The third-order valence-electron chi connectivity index (χ3n) is 2.97. The van der Waals surface area contributed by atoms with Crippen molar-refractivity contribution in [3.63, 3.8) is 0 Å². The van der Waals surface area contributed by atoms with Crippen LogP contribution in [0.5, 0.6) is 0 Å². The standard InChI is InChI=1S/C15H12N4O/c16-12-6-4-11(5-7-12)14-9-15(19(10-20)18-14)13-3-1-2-8-17-13/h1-10H,16H2. The smallest absolute Gasteiger partial charge is 0.234 e. The predicted molar refractivity (Wildman–Crippen MR) is 77.5 cm³/mol. The summed E-state index contributed by atoms with van der Waals surface area (Å²) >= 11 is 0. The van der Waals surface area contributed by atoms with Gasteiger partial charge in [-0.25, -0.2) is 4.68 Å². The van der Waals surface area contributed by atoms with E-state index in [1.165, 1.54) is 4.68 Å². The monoisotopic (exact) mass is 264 g/mol. The quantitative estimate of drug-likeness (QED) is 0.581. The van der Waals surface area contributed by atoms with Crippen molar-refractivity contribution in [2.75, 3.05) is 5.73 Å². The van der Waals surface area contributed by atoms with Crippen LogP contribution in [0.1, 0.15) is 0 Å². The molecule has 0 radical (unpaired) electrons. The van der Waals surface area contributed by atoms with Gasteiger partial charge in [0.15, 0.2) is 0 Å². The number of rotatable bonds is 3. The van der Waals surface area contributed by atoms with Gasteiger partial charge in [0, 0.05) is 17.4 Å². The summed E-state index contributed by atoms with van der Waals surface area (Å²) in [5.74, 6) is 0. The average molecular weight is 264 g/mol. The minimum Gasteiger partial charge on any atom is -0.399 e. The van der Waals surface area contributed by atoms with E-state index in [1.807, 2.05) is 36.4 Å². The highest BCUT2D eigenvalue weighted by Crippen LogP contribution is 2.24. The van der Waals surface area contributed by atoms with Crippen molar-refractivity contribution in [2.45, 2.75) is 0 Å². The van der Waals surface area contributed by atoms with Gasteiger partial charge in [-0.1, -0.05) is 18.2 Å². The summed E-state index contributed by atoms with van der Waals surface area (Å²) in [4.78, 5) is 15.4. The van der Waals surface area contributed by atoms with Crippen LogP contribution < -0.4 is 5.73 Å².